The zero-order valence-electron chi connectivity index (χ0n) is 18.1. The van der Waals surface area contributed by atoms with E-state index in [-0.39, 0.29) is 25.0 Å². The summed E-state index contributed by atoms with van der Waals surface area (Å²) in [4.78, 5) is 24.2. The predicted molar refractivity (Wildman–Crippen MR) is 118 cm³/mol. The van der Waals surface area contributed by atoms with Crippen molar-refractivity contribution in [3.8, 4) is 11.5 Å². The van der Waals surface area contributed by atoms with Crippen molar-refractivity contribution in [3.05, 3.63) is 58.1 Å². The normalized spacial score (nSPS) is 11.8. The smallest absolute Gasteiger partial charge is 0.333 e. The summed E-state index contributed by atoms with van der Waals surface area (Å²) in [7, 11) is 1.54. The van der Waals surface area contributed by atoms with E-state index in [0.29, 0.717) is 34.3 Å². The molecule has 2 aromatic rings. The number of benzene rings is 2. The lowest BCUT2D eigenvalue weighted by Crippen LogP contribution is -2.29. The lowest BCUT2D eigenvalue weighted by Gasteiger charge is -2.18. The first-order chi connectivity index (χ1) is 14.7. The number of hydrogen-bond acceptors (Lipinski definition) is 5. The molecular formula is C23H28ClNO6. The molecule has 1 atom stereocenters. The van der Waals surface area contributed by atoms with E-state index in [1.54, 1.807) is 44.2 Å². The van der Waals surface area contributed by atoms with Crippen molar-refractivity contribution in [2.24, 2.45) is 0 Å². The zero-order valence-corrected chi connectivity index (χ0v) is 18.9. The maximum atomic E-state index is 12.7. The molecule has 8 heteroatoms. The van der Waals surface area contributed by atoms with Gasteiger partial charge in [-0.2, -0.15) is 0 Å². The SMILES string of the molecule is CCOc1cc(Cl)ccc1C(=O)NCc1cc(CC(OC(C)C)C(=O)O)ccc1OC. The number of rotatable bonds is 11. The molecule has 0 aromatic heterocycles. The standard InChI is InChI=1S/C23H28ClNO6/c1-5-30-20-12-17(24)7-8-18(20)22(26)25-13-16-10-15(6-9-19(16)29-4)11-21(23(27)28)31-14(2)3/h6-10,12,14,21H,5,11,13H2,1-4H3,(H,25,26)(H,27,28). The molecule has 1 amide bonds. The monoisotopic (exact) mass is 449 g/mol. The number of carbonyl (C=O) groups is 2. The minimum atomic E-state index is -1.02. The third-order valence-electron chi connectivity index (χ3n) is 4.41. The highest BCUT2D eigenvalue weighted by molar-refractivity contribution is 6.30. The van der Waals surface area contributed by atoms with Crippen LogP contribution in [0, 0.1) is 0 Å². The second-order valence-corrected chi connectivity index (χ2v) is 7.55. The van der Waals surface area contributed by atoms with Gasteiger partial charge in [0.2, 0.25) is 0 Å². The summed E-state index contributed by atoms with van der Waals surface area (Å²) in [5, 5.41) is 12.7. The van der Waals surface area contributed by atoms with Crippen LogP contribution >= 0.6 is 11.6 Å². The summed E-state index contributed by atoms with van der Waals surface area (Å²) in [5.74, 6) is -0.352. The van der Waals surface area contributed by atoms with Gasteiger partial charge in [0.25, 0.3) is 5.91 Å². The van der Waals surface area contributed by atoms with E-state index in [4.69, 9.17) is 25.8 Å². The van der Waals surface area contributed by atoms with E-state index in [0.717, 1.165) is 5.56 Å². The number of nitrogens with one attached hydrogen (secondary N) is 1. The third-order valence-corrected chi connectivity index (χ3v) is 4.64. The van der Waals surface area contributed by atoms with E-state index >= 15 is 0 Å². The molecule has 2 N–H and O–H groups in total. The number of ether oxygens (including phenoxy) is 3. The summed E-state index contributed by atoms with van der Waals surface area (Å²) >= 11 is 6.00. The first-order valence-electron chi connectivity index (χ1n) is 9.99. The van der Waals surface area contributed by atoms with Crippen molar-refractivity contribution in [1.29, 1.82) is 0 Å². The van der Waals surface area contributed by atoms with Crippen LogP contribution in [0.25, 0.3) is 0 Å². The number of carboxylic acids is 1. The maximum absolute atomic E-state index is 12.7. The van der Waals surface area contributed by atoms with E-state index < -0.39 is 12.1 Å². The van der Waals surface area contributed by atoms with Crippen LogP contribution in [0.15, 0.2) is 36.4 Å². The molecule has 0 aliphatic carbocycles. The number of carbonyl (C=O) groups excluding carboxylic acids is 1. The number of carboxylic acid groups (broad SMARTS) is 1. The molecule has 168 valence electrons. The second-order valence-electron chi connectivity index (χ2n) is 7.12. The quantitative estimate of drug-likeness (QED) is 0.536. The molecule has 0 aliphatic rings. The highest BCUT2D eigenvalue weighted by Crippen LogP contribution is 2.25. The Morgan fingerprint density at radius 3 is 2.48 bits per heavy atom. The van der Waals surface area contributed by atoms with Gasteiger partial charge in [0.15, 0.2) is 6.10 Å². The van der Waals surface area contributed by atoms with Gasteiger partial charge < -0.3 is 24.6 Å². The van der Waals surface area contributed by atoms with E-state index in [2.05, 4.69) is 5.32 Å². The molecule has 0 fully saturated rings. The Kier molecular flexibility index (Phi) is 9.15. The molecule has 0 saturated heterocycles. The first-order valence-corrected chi connectivity index (χ1v) is 10.4. The van der Waals surface area contributed by atoms with Gasteiger partial charge in [-0.25, -0.2) is 4.79 Å². The lowest BCUT2D eigenvalue weighted by atomic mass is 10.0. The van der Waals surface area contributed by atoms with Gasteiger partial charge in [-0.05, 0) is 50.6 Å². The molecule has 0 bridgehead atoms. The second kappa shape index (κ2) is 11.6. The Morgan fingerprint density at radius 1 is 1.13 bits per heavy atom. The van der Waals surface area contributed by atoms with Crippen LogP contribution in [0.5, 0.6) is 11.5 Å². The Morgan fingerprint density at radius 2 is 1.87 bits per heavy atom. The van der Waals surface area contributed by atoms with Crippen LogP contribution in [-0.4, -0.2) is 42.9 Å². The molecule has 0 spiro atoms. The fourth-order valence-corrected chi connectivity index (χ4v) is 3.22. The number of hydrogen-bond donors (Lipinski definition) is 2. The number of aliphatic carboxylic acids is 1. The van der Waals surface area contributed by atoms with Crippen molar-refractivity contribution >= 4 is 23.5 Å². The fraction of sp³-hybridized carbons (Fsp3) is 0.391. The van der Waals surface area contributed by atoms with Crippen molar-refractivity contribution in [1.82, 2.24) is 5.32 Å². The summed E-state index contributed by atoms with van der Waals surface area (Å²) < 4.78 is 16.4. The van der Waals surface area contributed by atoms with E-state index in [1.807, 2.05) is 13.0 Å². The molecule has 31 heavy (non-hydrogen) atoms. The predicted octanol–water partition coefficient (Wildman–Crippen LogP) is 4.10. The molecular weight excluding hydrogens is 422 g/mol. The van der Waals surface area contributed by atoms with Gasteiger partial charge in [-0.15, -0.1) is 0 Å². The molecule has 0 aliphatic heterocycles. The third kappa shape index (κ3) is 7.15. The molecule has 0 saturated carbocycles. The summed E-state index contributed by atoms with van der Waals surface area (Å²) in [6.07, 6.45) is -0.972. The highest BCUT2D eigenvalue weighted by Gasteiger charge is 2.21. The van der Waals surface area contributed by atoms with Crippen molar-refractivity contribution in [2.45, 2.75) is 45.9 Å². The average molecular weight is 450 g/mol. The maximum Gasteiger partial charge on any atom is 0.333 e. The van der Waals surface area contributed by atoms with E-state index in [1.165, 1.54) is 7.11 Å². The number of methoxy groups -OCH3 is 1. The van der Waals surface area contributed by atoms with Crippen LogP contribution in [0.1, 0.15) is 42.3 Å². The van der Waals surface area contributed by atoms with Crippen LogP contribution < -0.4 is 14.8 Å². The molecule has 0 radical (unpaired) electrons. The highest BCUT2D eigenvalue weighted by atomic mass is 35.5. The number of amides is 1. The topological polar surface area (TPSA) is 94.1 Å². The van der Waals surface area contributed by atoms with Crippen molar-refractivity contribution in [3.63, 3.8) is 0 Å². The molecule has 2 rings (SSSR count). The average Bonchev–Trinajstić information content (AvgIpc) is 2.71. The Labute approximate surface area is 187 Å². The van der Waals surface area contributed by atoms with Gasteiger partial charge in [-0.1, -0.05) is 23.7 Å². The zero-order chi connectivity index (χ0) is 23.0. The van der Waals surface area contributed by atoms with Crippen molar-refractivity contribution < 1.29 is 28.9 Å². The van der Waals surface area contributed by atoms with Gasteiger partial charge in [0.1, 0.15) is 11.5 Å². The largest absolute Gasteiger partial charge is 0.496 e. The van der Waals surface area contributed by atoms with Gasteiger partial charge in [-0.3, -0.25) is 4.79 Å². The van der Waals surface area contributed by atoms with Crippen LogP contribution in [-0.2, 0) is 22.5 Å². The van der Waals surface area contributed by atoms with Gasteiger partial charge in [0.05, 0.1) is 25.4 Å². The fourth-order valence-electron chi connectivity index (χ4n) is 3.06. The minimum Gasteiger partial charge on any atom is -0.496 e. The van der Waals surface area contributed by atoms with Gasteiger partial charge in [0, 0.05) is 23.6 Å². The van der Waals surface area contributed by atoms with Crippen LogP contribution in [0.4, 0.5) is 0 Å². The Bertz CT molecular complexity index is 915. The summed E-state index contributed by atoms with van der Waals surface area (Å²) in [6, 6.07) is 10.2. The van der Waals surface area contributed by atoms with Crippen LogP contribution in [0.3, 0.4) is 0 Å². The Hall–Kier alpha value is -2.77. The van der Waals surface area contributed by atoms with Crippen LogP contribution in [0.2, 0.25) is 5.02 Å². The Balaban J connectivity index is 2.18. The minimum absolute atomic E-state index is 0.187. The molecule has 2 aromatic carbocycles. The molecule has 0 heterocycles. The lowest BCUT2D eigenvalue weighted by molar-refractivity contribution is -0.153. The van der Waals surface area contributed by atoms with Crippen molar-refractivity contribution in [2.75, 3.05) is 13.7 Å². The summed E-state index contributed by atoms with van der Waals surface area (Å²) in [6.45, 7) is 6.00. The van der Waals surface area contributed by atoms with E-state index in [9.17, 15) is 14.7 Å². The summed E-state index contributed by atoms with van der Waals surface area (Å²) in [5.41, 5.74) is 1.85. The number of halogens is 1. The van der Waals surface area contributed by atoms with Gasteiger partial charge >= 0.3 is 5.97 Å². The molecule has 1 unspecified atom stereocenters. The first kappa shape index (κ1) is 24.5. The molecule has 7 nitrogen and oxygen atoms in total.